The van der Waals surface area contributed by atoms with Gasteiger partial charge < -0.3 is 4.74 Å². The van der Waals surface area contributed by atoms with Crippen molar-refractivity contribution in [2.45, 2.75) is 19.7 Å². The summed E-state index contributed by atoms with van der Waals surface area (Å²) in [6, 6.07) is 30.8. The maximum absolute atomic E-state index is 13.8. The van der Waals surface area contributed by atoms with Crippen LogP contribution >= 0.6 is 11.6 Å². The number of hydrazone groups is 1. The molecule has 4 aromatic rings. The van der Waals surface area contributed by atoms with Crippen LogP contribution in [0.15, 0.2) is 108 Å². The number of hydrogen-bond donors (Lipinski definition) is 0. The summed E-state index contributed by atoms with van der Waals surface area (Å²) in [6.07, 6.45) is -0.556. The quantitative estimate of drug-likeness (QED) is 0.275. The third kappa shape index (κ3) is 4.68. The van der Waals surface area contributed by atoms with Gasteiger partial charge in [0.1, 0.15) is 18.2 Å². The number of nitrogens with zero attached hydrogens (tertiary/aromatic N) is 3. The molecule has 0 saturated heterocycles. The smallest absolute Gasteiger partial charge is 0.198 e. The van der Waals surface area contributed by atoms with Crippen molar-refractivity contribution >= 4 is 34.6 Å². The summed E-state index contributed by atoms with van der Waals surface area (Å²) in [6.45, 7) is 1.74. The normalized spacial score (nSPS) is 15.1. The van der Waals surface area contributed by atoms with Gasteiger partial charge in [0.2, 0.25) is 0 Å². The van der Waals surface area contributed by atoms with Gasteiger partial charge in [0.25, 0.3) is 0 Å². The number of carbonyl (C=O) groups excluding carboxylic acids is 1. The fourth-order valence-corrected chi connectivity index (χ4v) is 4.37. The highest BCUT2D eigenvalue weighted by Gasteiger charge is 2.40. The molecule has 0 saturated carbocycles. The second-order valence-corrected chi connectivity index (χ2v) is 8.71. The van der Waals surface area contributed by atoms with Gasteiger partial charge in [-0.25, -0.2) is 9.40 Å². The molecule has 7 heteroatoms. The maximum Gasteiger partial charge on any atom is 0.198 e. The zero-order chi connectivity index (χ0) is 25.1. The van der Waals surface area contributed by atoms with Gasteiger partial charge in [-0.15, -0.1) is 5.10 Å². The molecule has 1 aliphatic heterocycles. The minimum atomic E-state index is -0.556. The van der Waals surface area contributed by atoms with Crippen LogP contribution in [0.4, 0.5) is 15.8 Å². The Morgan fingerprint density at radius 1 is 0.889 bits per heavy atom. The molecule has 5 rings (SSSR count). The van der Waals surface area contributed by atoms with E-state index >= 15 is 0 Å². The number of carbonyl (C=O) groups is 1. The number of ketones is 1. The molecule has 1 atom stereocenters. The molecule has 5 nitrogen and oxygen atoms in total. The number of halogens is 2. The second kappa shape index (κ2) is 10.2. The minimum absolute atomic E-state index is 0.211. The molecule has 180 valence electrons. The summed E-state index contributed by atoms with van der Waals surface area (Å²) < 4.78 is 20.1. The van der Waals surface area contributed by atoms with Crippen molar-refractivity contribution in [3.8, 4) is 5.75 Å². The van der Waals surface area contributed by atoms with Gasteiger partial charge in [0, 0.05) is 28.8 Å². The first kappa shape index (κ1) is 23.6. The molecule has 0 aliphatic carbocycles. The predicted octanol–water partition coefficient (Wildman–Crippen LogP) is 6.99. The van der Waals surface area contributed by atoms with E-state index in [1.165, 1.54) is 19.1 Å². The van der Waals surface area contributed by atoms with Gasteiger partial charge in [0.15, 0.2) is 17.8 Å². The van der Waals surface area contributed by atoms with E-state index in [9.17, 15) is 9.18 Å². The molecule has 0 bridgehead atoms. The molecule has 0 N–H and O–H groups in total. The average molecular weight is 500 g/mol. The fourth-order valence-electron chi connectivity index (χ4n) is 4.18. The van der Waals surface area contributed by atoms with Crippen molar-refractivity contribution in [3.05, 3.63) is 125 Å². The monoisotopic (exact) mass is 499 g/mol. The topological polar surface area (TPSA) is 45.1 Å². The Hall–Kier alpha value is -4.16. The molecular weight excluding hydrogens is 477 g/mol. The van der Waals surface area contributed by atoms with Crippen LogP contribution in [-0.2, 0) is 11.4 Å². The van der Waals surface area contributed by atoms with E-state index in [4.69, 9.17) is 21.4 Å². The van der Waals surface area contributed by atoms with E-state index in [-0.39, 0.29) is 24.0 Å². The predicted molar refractivity (Wildman–Crippen MR) is 141 cm³/mol. The molecule has 0 fully saturated rings. The summed E-state index contributed by atoms with van der Waals surface area (Å²) in [4.78, 5) is 14.6. The van der Waals surface area contributed by atoms with E-state index in [0.29, 0.717) is 16.5 Å². The number of rotatable bonds is 7. The molecule has 1 heterocycles. The van der Waals surface area contributed by atoms with Crippen LogP contribution in [0.25, 0.3) is 0 Å². The van der Waals surface area contributed by atoms with Gasteiger partial charge in [-0.3, -0.25) is 9.69 Å². The Bertz CT molecular complexity index is 1410. The Kier molecular flexibility index (Phi) is 6.69. The number of amidine groups is 1. The molecular formula is C29H23ClFN3O2. The molecule has 1 aliphatic rings. The van der Waals surface area contributed by atoms with Crippen molar-refractivity contribution < 1.29 is 13.9 Å². The number of benzene rings is 4. The lowest BCUT2D eigenvalue weighted by Crippen LogP contribution is -2.38. The molecule has 0 unspecified atom stereocenters. The number of para-hydroxylation sites is 2. The van der Waals surface area contributed by atoms with Crippen molar-refractivity contribution in [1.82, 2.24) is 0 Å². The first-order chi connectivity index (χ1) is 17.5. The van der Waals surface area contributed by atoms with Gasteiger partial charge >= 0.3 is 0 Å². The Labute approximate surface area is 214 Å². The number of hydrogen-bond acceptors (Lipinski definition) is 5. The third-order valence-electron chi connectivity index (χ3n) is 5.89. The largest absolute Gasteiger partial charge is 0.488 e. The lowest BCUT2D eigenvalue weighted by Gasteiger charge is -2.33. The van der Waals surface area contributed by atoms with E-state index in [1.807, 2.05) is 83.8 Å². The van der Waals surface area contributed by atoms with E-state index < -0.39 is 6.17 Å². The average Bonchev–Trinajstić information content (AvgIpc) is 3.30. The van der Waals surface area contributed by atoms with Crippen LogP contribution in [0.3, 0.4) is 0 Å². The van der Waals surface area contributed by atoms with Crippen LogP contribution in [0.2, 0.25) is 5.02 Å². The van der Waals surface area contributed by atoms with Crippen LogP contribution in [0.5, 0.6) is 5.75 Å². The number of anilines is 2. The zero-order valence-corrected chi connectivity index (χ0v) is 20.3. The van der Waals surface area contributed by atoms with E-state index in [0.717, 1.165) is 16.8 Å². The van der Waals surface area contributed by atoms with Crippen molar-refractivity contribution in [2.24, 2.45) is 5.10 Å². The number of ether oxygens (including phenoxy) is 1. The molecule has 36 heavy (non-hydrogen) atoms. The summed E-state index contributed by atoms with van der Waals surface area (Å²) in [7, 11) is 0. The Morgan fingerprint density at radius 2 is 1.56 bits per heavy atom. The lowest BCUT2D eigenvalue weighted by atomic mass is 10.1. The molecule has 0 spiro atoms. The minimum Gasteiger partial charge on any atom is -0.488 e. The number of Topliss-reactive ketones (excluding diaryl/α,β-unsaturated/α-hetero) is 1. The fraction of sp³-hybridized carbons (Fsp3) is 0.103. The Morgan fingerprint density at radius 3 is 2.28 bits per heavy atom. The summed E-state index contributed by atoms with van der Waals surface area (Å²) >= 11 is 6.35. The molecule has 0 amide bonds. The summed E-state index contributed by atoms with van der Waals surface area (Å²) in [5.41, 5.74) is 3.08. The first-order valence-corrected chi connectivity index (χ1v) is 11.8. The van der Waals surface area contributed by atoms with E-state index in [1.54, 1.807) is 17.1 Å². The third-order valence-corrected chi connectivity index (χ3v) is 6.25. The van der Waals surface area contributed by atoms with Crippen LogP contribution in [0.1, 0.15) is 24.2 Å². The second-order valence-electron chi connectivity index (χ2n) is 8.30. The van der Waals surface area contributed by atoms with Gasteiger partial charge in [-0.1, -0.05) is 66.2 Å². The SMILES string of the molecule is CC(=O)C1=NN(c2ccccc2)[C@@H](c2ccccc2OCc2ccccc2Cl)N1c1ccc(F)cc1. The van der Waals surface area contributed by atoms with E-state index in [2.05, 4.69) is 0 Å². The lowest BCUT2D eigenvalue weighted by molar-refractivity contribution is -0.111. The van der Waals surface area contributed by atoms with Crippen LogP contribution in [0, 0.1) is 5.82 Å². The van der Waals surface area contributed by atoms with Crippen molar-refractivity contribution in [3.63, 3.8) is 0 Å². The zero-order valence-electron chi connectivity index (χ0n) is 19.5. The molecule has 0 aromatic heterocycles. The highest BCUT2D eigenvalue weighted by atomic mass is 35.5. The summed E-state index contributed by atoms with van der Waals surface area (Å²) in [5.74, 6) is 0.295. The highest BCUT2D eigenvalue weighted by molar-refractivity contribution is 6.44. The standard InChI is InChI=1S/C29H23ClFN3O2/c1-20(35)28-32-34(24-10-3-2-4-11-24)29(33(28)23-17-15-22(31)16-18-23)25-12-6-8-14-27(25)36-19-21-9-5-7-13-26(21)30/h2-18,29H,19H2,1H3/t29-/m0/s1. The van der Waals surface area contributed by atoms with Crippen molar-refractivity contribution in [2.75, 3.05) is 9.91 Å². The Balaban J connectivity index is 1.62. The van der Waals surface area contributed by atoms with Crippen LogP contribution < -0.4 is 14.6 Å². The maximum atomic E-state index is 13.8. The van der Waals surface area contributed by atoms with Gasteiger partial charge in [0.05, 0.1) is 5.69 Å². The molecule has 0 radical (unpaired) electrons. The summed E-state index contributed by atoms with van der Waals surface area (Å²) in [5, 5.41) is 7.14. The first-order valence-electron chi connectivity index (χ1n) is 11.5. The van der Waals surface area contributed by atoms with Gasteiger partial charge in [-0.2, -0.15) is 0 Å². The highest BCUT2D eigenvalue weighted by Crippen LogP contribution is 2.42. The van der Waals surface area contributed by atoms with Crippen molar-refractivity contribution in [1.29, 1.82) is 0 Å². The van der Waals surface area contributed by atoms with Gasteiger partial charge in [-0.05, 0) is 48.5 Å². The molecule has 4 aromatic carbocycles. The van der Waals surface area contributed by atoms with Crippen LogP contribution in [-0.4, -0.2) is 11.6 Å².